The first kappa shape index (κ1) is 19.6. The van der Waals surface area contributed by atoms with E-state index in [0.29, 0.717) is 17.8 Å². The lowest BCUT2D eigenvalue weighted by atomic mass is 9.47. The zero-order valence-corrected chi connectivity index (χ0v) is 18.9. The molecule has 1 aromatic heterocycles. The molecular weight excluding hydrogens is 376 g/mol. The fourth-order valence-electron chi connectivity index (χ4n) is 7.83. The van der Waals surface area contributed by atoms with E-state index in [0.717, 1.165) is 48.4 Å². The predicted molar refractivity (Wildman–Crippen MR) is 117 cm³/mol. The van der Waals surface area contributed by atoms with Crippen molar-refractivity contribution in [2.24, 2.45) is 23.2 Å². The number of nitrogens with zero attached hydrogens (tertiary/aromatic N) is 2. The topological polar surface area (TPSA) is 56.9 Å². The Hall–Kier alpha value is -1.31. The molecule has 0 spiro atoms. The van der Waals surface area contributed by atoms with E-state index in [1.165, 1.54) is 29.5 Å². The molecule has 0 amide bonds. The molecule has 5 rings (SSSR count). The molecule has 0 bridgehead atoms. The van der Waals surface area contributed by atoms with Gasteiger partial charge in [-0.3, -0.25) is 0 Å². The van der Waals surface area contributed by atoms with Crippen LogP contribution < -0.4 is 0 Å². The van der Waals surface area contributed by atoms with Crippen LogP contribution in [0.5, 0.6) is 0 Å². The normalized spacial score (nSPS) is 40.2. The summed E-state index contributed by atoms with van der Waals surface area (Å²) in [6.07, 6.45) is 11.9. The SMILES string of the molecule is CSc1nc(C)c2c(c1C#N)C[C@H]1[C@H]3CC=C4C[C@@H](O)CC[C@]4(C)[C@@H]3CC[C@@]21C. The molecular formula is C25H32N2OS. The van der Waals surface area contributed by atoms with E-state index in [1.807, 2.05) is 6.26 Å². The van der Waals surface area contributed by atoms with Gasteiger partial charge in [0.2, 0.25) is 0 Å². The van der Waals surface area contributed by atoms with Crippen LogP contribution in [0.2, 0.25) is 0 Å². The van der Waals surface area contributed by atoms with Crippen molar-refractivity contribution in [1.29, 1.82) is 5.26 Å². The minimum Gasteiger partial charge on any atom is -0.393 e. The van der Waals surface area contributed by atoms with Gasteiger partial charge in [0, 0.05) is 5.69 Å². The molecule has 0 aliphatic heterocycles. The monoisotopic (exact) mass is 408 g/mol. The van der Waals surface area contributed by atoms with Crippen LogP contribution in [0.1, 0.15) is 74.8 Å². The molecule has 29 heavy (non-hydrogen) atoms. The number of aliphatic hydroxyl groups is 1. The maximum absolute atomic E-state index is 10.2. The van der Waals surface area contributed by atoms with Gasteiger partial charge in [-0.1, -0.05) is 25.5 Å². The van der Waals surface area contributed by atoms with Crippen LogP contribution in [0.25, 0.3) is 0 Å². The van der Waals surface area contributed by atoms with Crippen LogP contribution >= 0.6 is 11.8 Å². The van der Waals surface area contributed by atoms with Gasteiger partial charge in [0.15, 0.2) is 0 Å². The van der Waals surface area contributed by atoms with Crippen molar-refractivity contribution >= 4 is 11.8 Å². The van der Waals surface area contributed by atoms with Gasteiger partial charge in [-0.15, -0.1) is 11.8 Å². The number of allylic oxidation sites excluding steroid dienone is 1. The summed E-state index contributed by atoms with van der Waals surface area (Å²) in [5, 5.41) is 21.1. The summed E-state index contributed by atoms with van der Waals surface area (Å²) in [5.74, 6) is 1.98. The Labute approximate surface area is 179 Å². The molecule has 2 saturated carbocycles. The molecule has 3 nitrogen and oxygen atoms in total. The first-order chi connectivity index (χ1) is 13.8. The Kier molecular flexibility index (Phi) is 4.47. The number of nitriles is 1. The Morgan fingerprint density at radius 2 is 1.93 bits per heavy atom. The van der Waals surface area contributed by atoms with Gasteiger partial charge in [-0.05, 0) is 97.8 Å². The third-order valence-corrected chi connectivity index (χ3v) is 9.90. The Bertz CT molecular complexity index is 947. The number of hydrogen-bond acceptors (Lipinski definition) is 4. The van der Waals surface area contributed by atoms with Gasteiger partial charge in [0.05, 0.1) is 11.7 Å². The van der Waals surface area contributed by atoms with Crippen molar-refractivity contribution in [3.05, 3.63) is 34.0 Å². The van der Waals surface area contributed by atoms with Crippen LogP contribution in [0, 0.1) is 41.4 Å². The Morgan fingerprint density at radius 1 is 1.17 bits per heavy atom. The summed E-state index contributed by atoms with van der Waals surface area (Å²) >= 11 is 1.60. The number of rotatable bonds is 1. The largest absolute Gasteiger partial charge is 0.393 e. The molecule has 4 heteroatoms. The quantitative estimate of drug-likeness (QED) is 0.505. The molecule has 1 N–H and O–H groups in total. The molecule has 0 saturated heterocycles. The number of fused-ring (bicyclic) bond motifs is 7. The van der Waals surface area contributed by atoms with E-state index in [4.69, 9.17) is 4.98 Å². The van der Waals surface area contributed by atoms with E-state index < -0.39 is 0 Å². The van der Waals surface area contributed by atoms with Crippen LogP contribution in [0.3, 0.4) is 0 Å². The average Bonchev–Trinajstić information content (AvgIpc) is 3.02. The minimum absolute atomic E-state index is 0.145. The van der Waals surface area contributed by atoms with Gasteiger partial charge in [0.25, 0.3) is 0 Å². The summed E-state index contributed by atoms with van der Waals surface area (Å²) in [6.45, 7) is 7.09. The lowest BCUT2D eigenvalue weighted by Gasteiger charge is -2.57. The number of pyridine rings is 1. The molecule has 0 radical (unpaired) electrons. The van der Waals surface area contributed by atoms with Crippen molar-refractivity contribution in [2.45, 2.75) is 82.3 Å². The third-order valence-electron chi connectivity index (χ3n) is 9.22. The fourth-order valence-corrected chi connectivity index (χ4v) is 8.43. The summed E-state index contributed by atoms with van der Waals surface area (Å²) in [7, 11) is 0. The van der Waals surface area contributed by atoms with Crippen LogP contribution in [-0.2, 0) is 11.8 Å². The molecule has 1 aromatic rings. The number of thioether (sulfide) groups is 1. The zero-order valence-electron chi connectivity index (χ0n) is 18.1. The zero-order chi connectivity index (χ0) is 20.6. The fraction of sp³-hybridized carbons (Fsp3) is 0.680. The highest BCUT2D eigenvalue weighted by Gasteiger charge is 2.58. The highest BCUT2D eigenvalue weighted by molar-refractivity contribution is 7.98. The van der Waals surface area contributed by atoms with Crippen molar-refractivity contribution in [2.75, 3.05) is 6.26 Å². The van der Waals surface area contributed by atoms with Crippen molar-refractivity contribution in [3.8, 4) is 6.07 Å². The Morgan fingerprint density at radius 3 is 2.66 bits per heavy atom. The van der Waals surface area contributed by atoms with Crippen molar-refractivity contribution in [1.82, 2.24) is 4.98 Å². The highest BCUT2D eigenvalue weighted by Crippen LogP contribution is 2.64. The predicted octanol–water partition coefficient (Wildman–Crippen LogP) is 5.32. The lowest BCUT2D eigenvalue weighted by molar-refractivity contribution is -0.0164. The number of aromatic nitrogens is 1. The van der Waals surface area contributed by atoms with E-state index in [-0.39, 0.29) is 16.9 Å². The van der Waals surface area contributed by atoms with E-state index in [1.54, 1.807) is 11.8 Å². The van der Waals surface area contributed by atoms with Gasteiger partial charge in [-0.2, -0.15) is 5.26 Å². The second-order valence-corrected chi connectivity index (χ2v) is 11.2. The van der Waals surface area contributed by atoms with Crippen LogP contribution in [0.15, 0.2) is 16.7 Å². The lowest BCUT2D eigenvalue weighted by Crippen LogP contribution is -2.51. The molecule has 0 aromatic carbocycles. The molecule has 1 heterocycles. The first-order valence-corrected chi connectivity index (χ1v) is 12.4. The molecule has 2 fully saturated rings. The maximum Gasteiger partial charge on any atom is 0.114 e. The van der Waals surface area contributed by atoms with Gasteiger partial charge in [-0.25, -0.2) is 4.98 Å². The Balaban J connectivity index is 1.59. The molecule has 6 atom stereocenters. The highest BCUT2D eigenvalue weighted by atomic mass is 32.2. The minimum atomic E-state index is -0.146. The van der Waals surface area contributed by atoms with Crippen molar-refractivity contribution < 1.29 is 5.11 Å². The summed E-state index contributed by atoms with van der Waals surface area (Å²) in [6, 6.07) is 2.51. The molecule has 0 unspecified atom stereocenters. The molecule has 4 aliphatic carbocycles. The number of aryl methyl sites for hydroxylation is 1. The number of hydrogen-bond donors (Lipinski definition) is 1. The summed E-state index contributed by atoms with van der Waals surface area (Å²) in [5.41, 5.74) is 6.61. The van der Waals surface area contributed by atoms with Gasteiger partial charge >= 0.3 is 0 Å². The van der Waals surface area contributed by atoms with Crippen molar-refractivity contribution in [3.63, 3.8) is 0 Å². The standard InChI is InChI=1S/C25H32N2OS/c1-14-22-18(19(13-26)23(27-14)29-4)12-21-17-6-5-15-11-16(28)7-9-24(15,2)20(17)8-10-25(21,22)3/h5,16-17,20-21,28H,6-12H2,1-4H3/t16-,17-,20+,21-,24-,25+/m0/s1. The molecule has 154 valence electrons. The van der Waals surface area contributed by atoms with Crippen LogP contribution in [0.4, 0.5) is 0 Å². The average molecular weight is 409 g/mol. The van der Waals surface area contributed by atoms with E-state index in [9.17, 15) is 10.4 Å². The number of aliphatic hydroxyl groups excluding tert-OH is 1. The van der Waals surface area contributed by atoms with E-state index >= 15 is 0 Å². The van der Waals surface area contributed by atoms with E-state index in [2.05, 4.69) is 32.9 Å². The van der Waals surface area contributed by atoms with Crippen LogP contribution in [-0.4, -0.2) is 22.5 Å². The van der Waals surface area contributed by atoms with Gasteiger partial charge < -0.3 is 5.11 Å². The third kappa shape index (κ3) is 2.56. The maximum atomic E-state index is 10.2. The van der Waals surface area contributed by atoms with Gasteiger partial charge in [0.1, 0.15) is 11.1 Å². The summed E-state index contributed by atoms with van der Waals surface area (Å²) in [4.78, 5) is 4.86. The smallest absolute Gasteiger partial charge is 0.114 e. The molecule has 4 aliphatic rings. The second-order valence-electron chi connectivity index (χ2n) is 10.4. The first-order valence-electron chi connectivity index (χ1n) is 11.2. The summed E-state index contributed by atoms with van der Waals surface area (Å²) < 4.78 is 0. The second kappa shape index (κ2) is 6.59.